The van der Waals surface area contributed by atoms with Crippen LogP contribution < -0.4 is 0 Å². The van der Waals surface area contributed by atoms with Crippen LogP contribution in [0.3, 0.4) is 0 Å². The summed E-state index contributed by atoms with van der Waals surface area (Å²) in [5.74, 6) is 1.95. The Balaban J connectivity index is 3.49. The summed E-state index contributed by atoms with van der Waals surface area (Å²) < 4.78 is 0. The summed E-state index contributed by atoms with van der Waals surface area (Å²) in [5.41, 5.74) is 0. The molecule has 0 heteroatoms. The van der Waals surface area contributed by atoms with Crippen LogP contribution in [0.4, 0.5) is 0 Å². The molecule has 2 unspecified atom stereocenters. The normalized spacial score (nSPS) is 14.0. The second kappa shape index (κ2) is 23.0. The Bertz CT molecular complexity index is 303. The number of hydrogen-bond acceptors (Lipinski definition) is 0. The predicted octanol–water partition coefficient (Wildman–Crippen LogP) is 10.7. The molecule has 0 amide bonds. The molecule has 28 heavy (non-hydrogen) atoms. The average molecular weight is 393 g/mol. The van der Waals surface area contributed by atoms with Crippen LogP contribution in [0.25, 0.3) is 0 Å². The molecule has 0 radical (unpaired) electrons. The van der Waals surface area contributed by atoms with Gasteiger partial charge in [0, 0.05) is 0 Å². The first-order valence-electron chi connectivity index (χ1n) is 13.4. The zero-order valence-electron chi connectivity index (χ0n) is 20.5. The minimum atomic E-state index is 0.953. The Labute approximate surface area is 180 Å². The lowest BCUT2D eigenvalue weighted by atomic mass is 9.90. The van der Waals surface area contributed by atoms with E-state index in [9.17, 15) is 0 Å². The molecule has 0 aromatic carbocycles. The molecule has 168 valence electrons. The van der Waals surface area contributed by atoms with E-state index in [1.165, 1.54) is 128 Å². The Morgan fingerprint density at radius 2 is 1.00 bits per heavy atom. The van der Waals surface area contributed by atoms with E-state index in [-0.39, 0.29) is 0 Å². The van der Waals surface area contributed by atoms with Crippen LogP contribution in [0.15, 0.2) is 12.2 Å². The highest BCUT2D eigenvalue weighted by Gasteiger charge is 2.08. The van der Waals surface area contributed by atoms with E-state index in [1.54, 1.807) is 0 Å². The van der Waals surface area contributed by atoms with Gasteiger partial charge in [-0.15, -0.1) is 0 Å². The third kappa shape index (κ3) is 20.5. The van der Waals surface area contributed by atoms with Crippen molar-refractivity contribution in [1.82, 2.24) is 0 Å². The molecular weight excluding hydrogens is 336 g/mol. The lowest BCUT2D eigenvalue weighted by Crippen LogP contribution is -2.02. The van der Waals surface area contributed by atoms with Crippen LogP contribution in [0.1, 0.15) is 156 Å². The molecule has 0 heterocycles. The van der Waals surface area contributed by atoms with Gasteiger partial charge in [0.25, 0.3) is 0 Å². The highest BCUT2D eigenvalue weighted by Crippen LogP contribution is 2.23. The van der Waals surface area contributed by atoms with Crippen molar-refractivity contribution in [2.24, 2.45) is 11.8 Å². The van der Waals surface area contributed by atoms with E-state index in [0.717, 1.165) is 11.8 Å². The van der Waals surface area contributed by atoms with E-state index in [0.29, 0.717) is 0 Å². The summed E-state index contributed by atoms with van der Waals surface area (Å²) in [5, 5.41) is 0. The van der Waals surface area contributed by atoms with E-state index in [1.807, 2.05) is 0 Å². The quantitative estimate of drug-likeness (QED) is 0.127. The molecule has 0 aliphatic heterocycles. The van der Waals surface area contributed by atoms with Crippen molar-refractivity contribution in [1.29, 1.82) is 0 Å². The molecule has 0 spiro atoms. The van der Waals surface area contributed by atoms with Crippen LogP contribution in [0, 0.1) is 11.8 Å². The van der Waals surface area contributed by atoms with Gasteiger partial charge in [0.05, 0.1) is 0 Å². The van der Waals surface area contributed by atoms with Crippen LogP contribution in [-0.4, -0.2) is 0 Å². The summed E-state index contributed by atoms with van der Waals surface area (Å²) in [7, 11) is 0. The molecule has 0 nitrogen and oxygen atoms in total. The molecule has 0 N–H and O–H groups in total. The highest BCUT2D eigenvalue weighted by atomic mass is 14.1. The van der Waals surface area contributed by atoms with Crippen LogP contribution in [0.2, 0.25) is 0 Å². The SMILES string of the molecule is CCCC/C=C/CCCCCCC(CC)CCCC(C)CCCCCCCC. The number of hydrogen-bond donors (Lipinski definition) is 0. The summed E-state index contributed by atoms with van der Waals surface area (Å²) in [6.45, 7) is 9.48. The van der Waals surface area contributed by atoms with Gasteiger partial charge in [-0.2, -0.15) is 0 Å². The zero-order chi connectivity index (χ0) is 20.7. The minimum absolute atomic E-state index is 0.953. The third-order valence-electron chi connectivity index (χ3n) is 6.56. The molecule has 0 rings (SSSR count). The zero-order valence-corrected chi connectivity index (χ0v) is 20.5. The fourth-order valence-electron chi connectivity index (χ4n) is 4.33. The molecule has 0 aromatic heterocycles. The first-order chi connectivity index (χ1) is 13.7. The highest BCUT2D eigenvalue weighted by molar-refractivity contribution is 4.81. The summed E-state index contributed by atoms with van der Waals surface area (Å²) in [6, 6.07) is 0. The maximum Gasteiger partial charge on any atom is -0.0351 e. The average Bonchev–Trinajstić information content (AvgIpc) is 2.70. The number of unbranched alkanes of at least 4 members (excludes halogenated alkanes) is 11. The van der Waals surface area contributed by atoms with E-state index >= 15 is 0 Å². The summed E-state index contributed by atoms with van der Waals surface area (Å²) in [4.78, 5) is 0. The summed E-state index contributed by atoms with van der Waals surface area (Å²) >= 11 is 0. The van der Waals surface area contributed by atoms with Gasteiger partial charge in [-0.1, -0.05) is 149 Å². The largest absolute Gasteiger partial charge is 0.0885 e. The van der Waals surface area contributed by atoms with Gasteiger partial charge >= 0.3 is 0 Å². The van der Waals surface area contributed by atoms with E-state index in [4.69, 9.17) is 0 Å². The van der Waals surface area contributed by atoms with E-state index in [2.05, 4.69) is 39.8 Å². The molecule has 0 fully saturated rings. The van der Waals surface area contributed by atoms with Crippen molar-refractivity contribution in [2.75, 3.05) is 0 Å². The van der Waals surface area contributed by atoms with Crippen molar-refractivity contribution < 1.29 is 0 Å². The monoisotopic (exact) mass is 392 g/mol. The molecule has 2 atom stereocenters. The molecular formula is C28H56. The van der Waals surface area contributed by atoms with Gasteiger partial charge in [-0.05, 0) is 31.1 Å². The van der Waals surface area contributed by atoms with Crippen molar-refractivity contribution in [2.45, 2.75) is 156 Å². The van der Waals surface area contributed by atoms with Gasteiger partial charge < -0.3 is 0 Å². The Hall–Kier alpha value is -0.260. The first kappa shape index (κ1) is 27.7. The fraction of sp³-hybridized carbons (Fsp3) is 0.929. The number of rotatable bonds is 22. The van der Waals surface area contributed by atoms with Crippen LogP contribution in [-0.2, 0) is 0 Å². The van der Waals surface area contributed by atoms with Crippen molar-refractivity contribution in [3.8, 4) is 0 Å². The van der Waals surface area contributed by atoms with Crippen LogP contribution in [0.5, 0.6) is 0 Å². The maximum absolute atomic E-state index is 2.49. The maximum atomic E-state index is 2.49. The Kier molecular flexibility index (Phi) is 22.8. The van der Waals surface area contributed by atoms with Gasteiger partial charge in [-0.3, -0.25) is 0 Å². The molecule has 0 aliphatic rings. The first-order valence-corrected chi connectivity index (χ1v) is 13.4. The third-order valence-corrected chi connectivity index (χ3v) is 6.56. The van der Waals surface area contributed by atoms with Gasteiger partial charge in [-0.25, -0.2) is 0 Å². The molecule has 0 bridgehead atoms. The smallest absolute Gasteiger partial charge is 0.0351 e. The fourth-order valence-corrected chi connectivity index (χ4v) is 4.33. The standard InChI is InChI=1S/C28H56/c1-5-8-10-12-14-15-16-17-19-21-25-28(7-3)26-22-24-27(4)23-20-18-13-11-9-6-2/h12,14,27-28H,5-11,13,15-26H2,1-4H3/b14-12+. The molecule has 0 saturated carbocycles. The predicted molar refractivity (Wildman–Crippen MR) is 131 cm³/mol. The second-order valence-corrected chi connectivity index (χ2v) is 9.47. The Morgan fingerprint density at radius 1 is 0.500 bits per heavy atom. The molecule has 0 saturated heterocycles. The second-order valence-electron chi connectivity index (χ2n) is 9.47. The topological polar surface area (TPSA) is 0 Å². The molecule has 0 aliphatic carbocycles. The van der Waals surface area contributed by atoms with Crippen molar-refractivity contribution in [3.05, 3.63) is 12.2 Å². The van der Waals surface area contributed by atoms with Crippen molar-refractivity contribution >= 4 is 0 Å². The lowest BCUT2D eigenvalue weighted by Gasteiger charge is -2.16. The number of allylic oxidation sites excluding steroid dienone is 2. The van der Waals surface area contributed by atoms with Gasteiger partial charge in [0.15, 0.2) is 0 Å². The summed E-state index contributed by atoms with van der Waals surface area (Å²) in [6.07, 6.45) is 33.2. The minimum Gasteiger partial charge on any atom is -0.0885 e. The van der Waals surface area contributed by atoms with Crippen molar-refractivity contribution in [3.63, 3.8) is 0 Å². The lowest BCUT2D eigenvalue weighted by molar-refractivity contribution is 0.367. The van der Waals surface area contributed by atoms with E-state index < -0.39 is 0 Å². The molecule has 0 aromatic rings. The van der Waals surface area contributed by atoms with Crippen LogP contribution >= 0.6 is 0 Å². The van der Waals surface area contributed by atoms with Gasteiger partial charge in [0.2, 0.25) is 0 Å². The Morgan fingerprint density at radius 3 is 1.68 bits per heavy atom. The van der Waals surface area contributed by atoms with Gasteiger partial charge in [0.1, 0.15) is 0 Å².